The number of amides is 3. The fraction of sp³-hybridized carbons (Fsp3) is 0.324. The van der Waals surface area contributed by atoms with Crippen molar-refractivity contribution in [2.24, 2.45) is 5.92 Å². The third-order valence-electron chi connectivity index (χ3n) is 8.03. The molecule has 0 spiro atoms. The first-order valence-corrected chi connectivity index (χ1v) is 17.9. The number of benzene rings is 3. The third-order valence-corrected chi connectivity index (χ3v) is 11.3. The van der Waals surface area contributed by atoms with E-state index >= 15 is 0 Å². The first kappa shape index (κ1) is 34.5. The number of carbonyl (C=O) groups is 3. The summed E-state index contributed by atoms with van der Waals surface area (Å²) in [5, 5.41) is 2.25. The molecule has 2 aliphatic heterocycles. The van der Waals surface area contributed by atoms with E-state index < -0.39 is 27.1 Å². The molecular weight excluding hydrogens is 662 g/mol. The summed E-state index contributed by atoms with van der Waals surface area (Å²) in [6.45, 7) is 2.98. The number of ether oxygens (including phenoxy) is 2. The molecule has 1 N–H and O–H groups in total. The number of hydrogen-bond acceptors (Lipinski definition) is 8. The summed E-state index contributed by atoms with van der Waals surface area (Å²) >= 11 is 7.14. The Labute approximate surface area is 284 Å². The molecule has 248 valence electrons. The van der Waals surface area contributed by atoms with E-state index in [0.29, 0.717) is 42.7 Å². The van der Waals surface area contributed by atoms with E-state index in [4.69, 9.17) is 21.1 Å². The summed E-state index contributed by atoms with van der Waals surface area (Å²) in [7, 11) is -2.42. The highest BCUT2D eigenvalue weighted by Gasteiger charge is 2.35. The van der Waals surface area contributed by atoms with Crippen molar-refractivity contribution in [2.75, 3.05) is 39.9 Å². The zero-order valence-electron chi connectivity index (χ0n) is 26.1. The van der Waals surface area contributed by atoms with Gasteiger partial charge in [0.25, 0.3) is 17.1 Å². The lowest BCUT2D eigenvalue weighted by Crippen LogP contribution is -2.39. The summed E-state index contributed by atoms with van der Waals surface area (Å²) in [6, 6.07) is 19.5. The number of nitrogens with one attached hydrogen (secondary N) is 1. The summed E-state index contributed by atoms with van der Waals surface area (Å²) in [6.07, 6.45) is 3.95. The maximum absolute atomic E-state index is 13.6. The Hall–Kier alpha value is -3.84. The summed E-state index contributed by atoms with van der Waals surface area (Å²) in [4.78, 5) is 39.8. The topological polar surface area (TPSA) is 122 Å². The van der Waals surface area contributed by atoms with E-state index in [1.807, 2.05) is 25.1 Å². The molecule has 13 heteroatoms. The normalized spacial score (nSPS) is 16.9. The fourth-order valence-corrected chi connectivity index (χ4v) is 8.39. The quantitative estimate of drug-likeness (QED) is 0.234. The van der Waals surface area contributed by atoms with Gasteiger partial charge in [0.05, 0.1) is 23.6 Å². The smallest absolute Gasteiger partial charge is 0.293 e. The molecule has 3 amide bonds. The van der Waals surface area contributed by atoms with Gasteiger partial charge in [0.2, 0.25) is 10.0 Å². The maximum atomic E-state index is 13.6. The van der Waals surface area contributed by atoms with Gasteiger partial charge in [-0.2, -0.15) is 4.31 Å². The Morgan fingerprint density at radius 1 is 1.04 bits per heavy atom. The van der Waals surface area contributed by atoms with Crippen LogP contribution >= 0.6 is 23.4 Å². The van der Waals surface area contributed by atoms with Crippen LogP contribution in [0.25, 0.3) is 6.08 Å². The Morgan fingerprint density at radius 3 is 2.49 bits per heavy atom. The molecule has 0 atom stereocenters. The van der Waals surface area contributed by atoms with Crippen molar-refractivity contribution in [1.29, 1.82) is 0 Å². The van der Waals surface area contributed by atoms with Crippen LogP contribution in [0, 0.1) is 5.92 Å². The van der Waals surface area contributed by atoms with E-state index in [-0.39, 0.29) is 33.5 Å². The number of methoxy groups -OCH3 is 1. The first-order chi connectivity index (χ1) is 22.6. The SMILES string of the molecule is CCOc1ccc(/C=C2\SC(=O)N(CCNC(=O)c3ccc(Cl)c(S(=O)(=O)N4CCC(Cc5ccccc5)CC4)c3)C2=O)cc1OC. The Morgan fingerprint density at radius 2 is 1.79 bits per heavy atom. The average molecular weight is 698 g/mol. The molecule has 0 radical (unpaired) electrons. The number of hydrogen-bond donors (Lipinski definition) is 1. The van der Waals surface area contributed by atoms with Gasteiger partial charge in [-0.3, -0.25) is 19.3 Å². The maximum Gasteiger partial charge on any atom is 0.293 e. The van der Waals surface area contributed by atoms with Crippen LogP contribution in [-0.4, -0.2) is 74.6 Å². The van der Waals surface area contributed by atoms with Gasteiger partial charge in [0, 0.05) is 31.7 Å². The average Bonchev–Trinajstić information content (AvgIpc) is 3.33. The number of piperidine rings is 1. The molecule has 2 aliphatic rings. The molecule has 10 nitrogen and oxygen atoms in total. The Bertz CT molecular complexity index is 1780. The van der Waals surface area contributed by atoms with Crippen molar-refractivity contribution in [3.05, 3.63) is 93.3 Å². The highest BCUT2D eigenvalue weighted by Crippen LogP contribution is 2.35. The molecule has 5 rings (SSSR count). The highest BCUT2D eigenvalue weighted by atomic mass is 35.5. The van der Waals surface area contributed by atoms with Crippen molar-refractivity contribution in [3.63, 3.8) is 0 Å². The van der Waals surface area contributed by atoms with E-state index in [1.165, 1.54) is 35.2 Å². The molecule has 47 heavy (non-hydrogen) atoms. The molecule has 3 aromatic carbocycles. The Kier molecular flexibility index (Phi) is 11.3. The highest BCUT2D eigenvalue weighted by molar-refractivity contribution is 8.18. The third kappa shape index (κ3) is 8.18. The predicted molar refractivity (Wildman–Crippen MR) is 182 cm³/mol. The molecule has 0 saturated carbocycles. The number of sulfonamides is 1. The van der Waals surface area contributed by atoms with Gasteiger partial charge >= 0.3 is 0 Å². The Balaban J connectivity index is 1.17. The number of nitrogens with zero attached hydrogens (tertiary/aromatic N) is 2. The first-order valence-electron chi connectivity index (χ1n) is 15.3. The van der Waals surface area contributed by atoms with Crippen molar-refractivity contribution in [3.8, 4) is 11.5 Å². The van der Waals surface area contributed by atoms with Crippen LogP contribution in [0.15, 0.2) is 76.5 Å². The predicted octanol–water partition coefficient (Wildman–Crippen LogP) is 5.86. The van der Waals surface area contributed by atoms with Crippen molar-refractivity contribution < 1.29 is 32.3 Å². The zero-order chi connectivity index (χ0) is 33.6. The second-order valence-electron chi connectivity index (χ2n) is 11.1. The van der Waals surface area contributed by atoms with E-state index in [1.54, 1.807) is 24.3 Å². The van der Waals surface area contributed by atoms with Crippen molar-refractivity contribution in [1.82, 2.24) is 14.5 Å². The lowest BCUT2D eigenvalue weighted by molar-refractivity contribution is -0.122. The van der Waals surface area contributed by atoms with Gasteiger partial charge in [-0.15, -0.1) is 0 Å². The second-order valence-corrected chi connectivity index (χ2v) is 14.4. The van der Waals surface area contributed by atoms with Gasteiger partial charge < -0.3 is 14.8 Å². The number of thioether (sulfide) groups is 1. The summed E-state index contributed by atoms with van der Waals surface area (Å²) in [5.41, 5.74) is 1.99. The molecular formula is C34H36ClN3O7S2. The van der Waals surface area contributed by atoms with Crippen LogP contribution in [0.2, 0.25) is 5.02 Å². The molecule has 0 unspecified atom stereocenters. The van der Waals surface area contributed by atoms with Crippen LogP contribution in [-0.2, 0) is 21.2 Å². The molecule has 2 heterocycles. The summed E-state index contributed by atoms with van der Waals surface area (Å²) in [5.74, 6) is 0.425. The minimum absolute atomic E-state index is 0.0271. The molecule has 0 bridgehead atoms. The summed E-state index contributed by atoms with van der Waals surface area (Å²) < 4.78 is 39.4. The number of imide groups is 1. The van der Waals surface area contributed by atoms with Gasteiger partial charge in [0.15, 0.2) is 11.5 Å². The van der Waals surface area contributed by atoms with Gasteiger partial charge in [-0.25, -0.2) is 8.42 Å². The fourth-order valence-electron chi connectivity index (χ4n) is 5.56. The van der Waals surface area contributed by atoms with Crippen molar-refractivity contribution in [2.45, 2.75) is 31.1 Å². The van der Waals surface area contributed by atoms with Crippen LogP contribution in [0.1, 0.15) is 41.3 Å². The number of carbonyl (C=O) groups excluding carboxylic acids is 3. The number of rotatable bonds is 12. The van der Waals surface area contributed by atoms with E-state index in [0.717, 1.165) is 35.9 Å². The van der Waals surface area contributed by atoms with E-state index in [9.17, 15) is 22.8 Å². The van der Waals surface area contributed by atoms with Gasteiger partial charge in [-0.05, 0) is 91.4 Å². The molecule has 3 aromatic rings. The molecule has 2 saturated heterocycles. The number of halogens is 1. The molecule has 0 aromatic heterocycles. The standard InChI is InChI=1S/C34H36ClN3O7S2/c1-3-45-28-12-9-25(20-29(28)44-2)21-30-33(40)38(34(41)46-30)18-15-36-32(39)26-10-11-27(35)31(22-26)47(42,43)37-16-13-24(14-17-37)19-23-7-5-4-6-8-23/h4-12,20-22,24H,3,13-19H2,1-2H3,(H,36,39)/b30-21-. The van der Waals surface area contributed by atoms with Crippen LogP contribution in [0.5, 0.6) is 11.5 Å². The van der Waals surface area contributed by atoms with Crippen molar-refractivity contribution >= 4 is 56.5 Å². The minimum atomic E-state index is -3.94. The second kappa shape index (κ2) is 15.4. The molecule has 2 fully saturated rings. The molecule has 0 aliphatic carbocycles. The largest absolute Gasteiger partial charge is 0.493 e. The van der Waals surface area contributed by atoms with Gasteiger partial charge in [-0.1, -0.05) is 48.0 Å². The van der Waals surface area contributed by atoms with Crippen LogP contribution in [0.3, 0.4) is 0 Å². The monoisotopic (exact) mass is 697 g/mol. The van der Waals surface area contributed by atoms with E-state index in [2.05, 4.69) is 17.4 Å². The van der Waals surface area contributed by atoms with Gasteiger partial charge in [0.1, 0.15) is 4.90 Å². The zero-order valence-corrected chi connectivity index (χ0v) is 28.5. The lowest BCUT2D eigenvalue weighted by Gasteiger charge is -2.31. The van der Waals surface area contributed by atoms with Crippen LogP contribution in [0.4, 0.5) is 4.79 Å². The van der Waals surface area contributed by atoms with Crippen LogP contribution < -0.4 is 14.8 Å². The lowest BCUT2D eigenvalue weighted by atomic mass is 9.91. The minimum Gasteiger partial charge on any atom is -0.493 e.